The van der Waals surface area contributed by atoms with Gasteiger partial charge in [-0.1, -0.05) is 18.2 Å². The van der Waals surface area contributed by atoms with Crippen molar-refractivity contribution in [1.29, 1.82) is 0 Å². The van der Waals surface area contributed by atoms with Gasteiger partial charge in [-0.3, -0.25) is 4.90 Å². The van der Waals surface area contributed by atoms with E-state index < -0.39 is 5.97 Å². The molecule has 1 aliphatic rings. The molecule has 0 saturated carbocycles. The number of aryl methyl sites for hydroxylation is 2. The van der Waals surface area contributed by atoms with Crippen LogP contribution in [0.2, 0.25) is 0 Å². The fourth-order valence-corrected chi connectivity index (χ4v) is 3.56. The third-order valence-corrected chi connectivity index (χ3v) is 4.62. The molecule has 132 valence electrons. The van der Waals surface area contributed by atoms with Crippen molar-refractivity contribution in [1.82, 2.24) is 14.9 Å². The number of carboxylic acid groups (broad SMARTS) is 1. The molecule has 0 amide bonds. The van der Waals surface area contributed by atoms with E-state index in [1.807, 2.05) is 51.2 Å². The average molecular weight is 349 g/mol. The number of rotatable bonds is 2. The Morgan fingerprint density at radius 1 is 1.23 bits per heavy atom. The maximum absolute atomic E-state index is 12.0. The molecule has 0 aliphatic carbocycles. The number of oxazole rings is 1. The smallest absolute Gasteiger partial charge is 0.336 e. The van der Waals surface area contributed by atoms with Gasteiger partial charge in [0, 0.05) is 31.0 Å². The summed E-state index contributed by atoms with van der Waals surface area (Å²) in [5.74, 6) is 0.364. The second-order valence-corrected chi connectivity index (χ2v) is 6.66. The highest BCUT2D eigenvalue weighted by Gasteiger charge is 2.27. The van der Waals surface area contributed by atoms with Gasteiger partial charge in [0.05, 0.1) is 22.5 Å². The number of likely N-dealkylation sites (N-methyl/N-ethyl adjacent to an activating group) is 1. The number of aromatic carboxylic acids is 1. The number of nitrogens with zero attached hydrogens (tertiary/aromatic N) is 3. The van der Waals surface area contributed by atoms with Crippen LogP contribution in [0, 0.1) is 13.8 Å². The minimum absolute atomic E-state index is 0.327. The third kappa shape index (κ3) is 2.68. The van der Waals surface area contributed by atoms with Gasteiger partial charge in [-0.15, -0.1) is 0 Å². The Kier molecular flexibility index (Phi) is 3.85. The molecule has 0 fully saturated rings. The minimum Gasteiger partial charge on any atom is -0.478 e. The van der Waals surface area contributed by atoms with Crippen LogP contribution in [0.1, 0.15) is 39.0 Å². The number of hydrogen-bond acceptors (Lipinski definition) is 5. The molecule has 26 heavy (non-hydrogen) atoms. The number of hydrogen-bond donors (Lipinski definition) is 1. The number of carbonyl (C=O) groups is 1. The first-order valence-corrected chi connectivity index (χ1v) is 8.42. The van der Waals surface area contributed by atoms with Crippen LogP contribution in [0.25, 0.3) is 22.6 Å². The van der Waals surface area contributed by atoms with Crippen molar-refractivity contribution in [3.63, 3.8) is 0 Å². The normalized spacial score (nSPS) is 16.2. The molecule has 1 N–H and O–H groups in total. The van der Waals surface area contributed by atoms with Gasteiger partial charge >= 0.3 is 5.97 Å². The molecule has 1 aromatic carbocycles. The Morgan fingerprint density at radius 2 is 2.00 bits per heavy atom. The number of benzene rings is 1. The first kappa shape index (κ1) is 16.5. The molecule has 0 unspecified atom stereocenters. The number of carboxylic acids is 1. The van der Waals surface area contributed by atoms with Crippen molar-refractivity contribution in [3.8, 4) is 0 Å². The first-order chi connectivity index (χ1) is 12.4. The zero-order valence-electron chi connectivity index (χ0n) is 14.9. The summed E-state index contributed by atoms with van der Waals surface area (Å²) >= 11 is 0. The topological polar surface area (TPSA) is 79.5 Å². The molecule has 0 spiro atoms. The van der Waals surface area contributed by atoms with Crippen LogP contribution in [-0.2, 0) is 6.54 Å². The standard InChI is InChI=1S/C20H19N3O3/c1-11-17(26-12(2)21-11)8-13-9-23(3)10-15-18(20(24)25)14-6-4-5-7-16(14)22-19(13)15/h4-8H,9-10H2,1-3H3,(H,24,25)/b13-8-. The highest BCUT2D eigenvalue weighted by atomic mass is 16.4. The lowest BCUT2D eigenvalue weighted by molar-refractivity contribution is 0.0696. The maximum Gasteiger partial charge on any atom is 0.336 e. The van der Waals surface area contributed by atoms with Crippen molar-refractivity contribution in [2.45, 2.75) is 20.4 Å². The number of pyridine rings is 1. The van der Waals surface area contributed by atoms with E-state index in [4.69, 9.17) is 9.40 Å². The van der Waals surface area contributed by atoms with Gasteiger partial charge in [-0.05, 0) is 31.7 Å². The summed E-state index contributed by atoms with van der Waals surface area (Å²) in [4.78, 5) is 23.2. The molecule has 1 aliphatic heterocycles. The van der Waals surface area contributed by atoms with Crippen LogP contribution in [0.15, 0.2) is 28.7 Å². The highest BCUT2D eigenvalue weighted by Crippen LogP contribution is 2.33. The van der Waals surface area contributed by atoms with E-state index in [9.17, 15) is 9.90 Å². The zero-order valence-corrected chi connectivity index (χ0v) is 14.9. The van der Waals surface area contributed by atoms with Gasteiger partial charge in [-0.2, -0.15) is 0 Å². The van der Waals surface area contributed by atoms with Crippen molar-refractivity contribution in [2.24, 2.45) is 0 Å². The van der Waals surface area contributed by atoms with Crippen LogP contribution < -0.4 is 0 Å². The van der Waals surface area contributed by atoms with Crippen molar-refractivity contribution in [3.05, 3.63) is 58.4 Å². The Bertz CT molecular complexity index is 1070. The van der Waals surface area contributed by atoms with Crippen LogP contribution in [0.4, 0.5) is 0 Å². The van der Waals surface area contributed by atoms with Gasteiger partial charge in [0.25, 0.3) is 0 Å². The van der Waals surface area contributed by atoms with Crippen LogP contribution >= 0.6 is 0 Å². The highest BCUT2D eigenvalue weighted by molar-refractivity contribution is 6.05. The van der Waals surface area contributed by atoms with Crippen LogP contribution in [0.5, 0.6) is 0 Å². The van der Waals surface area contributed by atoms with Gasteiger partial charge in [0.2, 0.25) is 0 Å². The summed E-state index contributed by atoms with van der Waals surface area (Å²) in [5, 5.41) is 10.5. The lowest BCUT2D eigenvalue weighted by Gasteiger charge is -2.28. The zero-order chi connectivity index (χ0) is 18.4. The molecule has 0 saturated heterocycles. The summed E-state index contributed by atoms with van der Waals surface area (Å²) in [6, 6.07) is 7.37. The summed E-state index contributed by atoms with van der Waals surface area (Å²) < 4.78 is 5.68. The second kappa shape index (κ2) is 6.07. The van der Waals surface area contributed by atoms with Crippen molar-refractivity contribution in [2.75, 3.05) is 13.6 Å². The summed E-state index contributed by atoms with van der Waals surface area (Å²) in [5.41, 5.74) is 4.22. The Morgan fingerprint density at radius 3 is 2.69 bits per heavy atom. The minimum atomic E-state index is -0.929. The molecule has 0 radical (unpaired) electrons. The molecule has 3 heterocycles. The lowest BCUT2D eigenvalue weighted by Crippen LogP contribution is -2.28. The predicted octanol–water partition coefficient (Wildman–Crippen LogP) is 3.52. The van der Waals surface area contributed by atoms with Crippen LogP contribution in [-0.4, -0.2) is 39.5 Å². The Balaban J connectivity index is 2.00. The number of aromatic nitrogens is 2. The largest absolute Gasteiger partial charge is 0.478 e. The van der Waals surface area contributed by atoms with Gasteiger partial charge in [-0.25, -0.2) is 14.8 Å². The predicted molar refractivity (Wildman–Crippen MR) is 98.9 cm³/mol. The lowest BCUT2D eigenvalue weighted by atomic mass is 9.93. The summed E-state index contributed by atoms with van der Waals surface area (Å²) in [7, 11) is 1.97. The molecular formula is C20H19N3O3. The van der Waals surface area contributed by atoms with E-state index in [0.717, 1.165) is 22.5 Å². The fourth-order valence-electron chi connectivity index (χ4n) is 3.56. The average Bonchev–Trinajstić information content (AvgIpc) is 2.90. The van der Waals surface area contributed by atoms with E-state index in [0.29, 0.717) is 41.2 Å². The molecular weight excluding hydrogens is 330 g/mol. The summed E-state index contributed by atoms with van der Waals surface area (Å²) in [6.07, 6.45) is 1.93. The molecule has 3 aromatic rings. The molecule has 6 heteroatoms. The third-order valence-electron chi connectivity index (χ3n) is 4.62. The molecule has 6 nitrogen and oxygen atoms in total. The molecule has 2 aromatic heterocycles. The van der Waals surface area contributed by atoms with E-state index in [2.05, 4.69) is 9.88 Å². The maximum atomic E-state index is 12.0. The van der Waals surface area contributed by atoms with Crippen molar-refractivity contribution >= 4 is 28.5 Å². The van der Waals surface area contributed by atoms with Crippen LogP contribution in [0.3, 0.4) is 0 Å². The van der Waals surface area contributed by atoms with E-state index in [1.165, 1.54) is 0 Å². The van der Waals surface area contributed by atoms with Crippen molar-refractivity contribution < 1.29 is 14.3 Å². The van der Waals surface area contributed by atoms with E-state index in [1.54, 1.807) is 0 Å². The molecule has 0 atom stereocenters. The molecule has 0 bridgehead atoms. The Hall–Kier alpha value is -2.99. The van der Waals surface area contributed by atoms with Gasteiger partial charge in [0.15, 0.2) is 11.7 Å². The molecule has 4 rings (SSSR count). The monoisotopic (exact) mass is 349 g/mol. The quantitative estimate of drug-likeness (QED) is 0.762. The summed E-state index contributed by atoms with van der Waals surface area (Å²) in [6.45, 7) is 4.91. The van der Waals surface area contributed by atoms with E-state index >= 15 is 0 Å². The fraction of sp³-hybridized carbons (Fsp3) is 0.250. The number of fused-ring (bicyclic) bond motifs is 2. The first-order valence-electron chi connectivity index (χ1n) is 8.42. The Labute approximate surface area is 150 Å². The van der Waals surface area contributed by atoms with E-state index in [-0.39, 0.29) is 0 Å². The van der Waals surface area contributed by atoms with Gasteiger partial charge in [0.1, 0.15) is 0 Å². The number of para-hydroxylation sites is 1. The SMILES string of the molecule is Cc1nc(C)c(/C=C2/CN(C)Cc3c2nc2ccccc2c3C(=O)O)o1. The second-order valence-electron chi connectivity index (χ2n) is 6.66. The van der Waals surface area contributed by atoms with Gasteiger partial charge < -0.3 is 9.52 Å².